The molecule has 5 heteroatoms. The van der Waals surface area contributed by atoms with E-state index in [1.165, 1.54) is 0 Å². The molecular weight excluding hydrogens is 288 g/mol. The highest BCUT2D eigenvalue weighted by atomic mass is 16.1. The van der Waals surface area contributed by atoms with Crippen molar-refractivity contribution in [2.24, 2.45) is 7.05 Å². The summed E-state index contributed by atoms with van der Waals surface area (Å²) in [6, 6.07) is 15.7. The van der Waals surface area contributed by atoms with Crippen molar-refractivity contribution in [2.45, 2.75) is 0 Å². The predicted octanol–water partition coefficient (Wildman–Crippen LogP) is 2.99. The van der Waals surface area contributed by atoms with Gasteiger partial charge in [-0.15, -0.1) is 0 Å². The van der Waals surface area contributed by atoms with Gasteiger partial charge >= 0.3 is 0 Å². The van der Waals surface area contributed by atoms with Crippen molar-refractivity contribution in [1.29, 1.82) is 0 Å². The van der Waals surface area contributed by atoms with E-state index in [4.69, 9.17) is 0 Å². The standard InChI is InChI=1S/C18H14N4O/c1-22-11-14(10-19-22)17-20-16-8-7-13(9-15(16)18(23)21-17)12-5-3-2-4-6-12/h2-11H,1H3,(H,20,21,23). The second-order valence-corrected chi connectivity index (χ2v) is 5.42. The zero-order valence-corrected chi connectivity index (χ0v) is 12.5. The quantitative estimate of drug-likeness (QED) is 0.619. The van der Waals surface area contributed by atoms with Gasteiger partial charge in [0.05, 0.1) is 22.7 Å². The van der Waals surface area contributed by atoms with E-state index in [0.717, 1.165) is 16.7 Å². The third-order valence-corrected chi connectivity index (χ3v) is 3.79. The van der Waals surface area contributed by atoms with Crippen LogP contribution in [0.1, 0.15) is 0 Å². The molecule has 0 saturated heterocycles. The van der Waals surface area contributed by atoms with Crippen molar-refractivity contribution in [1.82, 2.24) is 19.7 Å². The van der Waals surface area contributed by atoms with Gasteiger partial charge in [-0.25, -0.2) is 4.98 Å². The molecule has 0 atom stereocenters. The number of aromatic amines is 1. The average molecular weight is 302 g/mol. The number of rotatable bonds is 2. The summed E-state index contributed by atoms with van der Waals surface area (Å²) in [4.78, 5) is 19.8. The van der Waals surface area contributed by atoms with Gasteiger partial charge in [-0.3, -0.25) is 9.48 Å². The minimum atomic E-state index is -0.147. The van der Waals surface area contributed by atoms with Crippen LogP contribution in [0.5, 0.6) is 0 Å². The Kier molecular flexibility index (Phi) is 3.05. The van der Waals surface area contributed by atoms with Gasteiger partial charge in [0.1, 0.15) is 5.82 Å². The Morgan fingerprint density at radius 3 is 2.57 bits per heavy atom. The zero-order valence-electron chi connectivity index (χ0n) is 12.5. The lowest BCUT2D eigenvalue weighted by Crippen LogP contribution is -2.09. The SMILES string of the molecule is Cn1cc(-c2nc3ccc(-c4ccccc4)cc3c(=O)[nH]2)cn1. The lowest BCUT2D eigenvalue weighted by atomic mass is 10.0. The van der Waals surface area contributed by atoms with Crippen LogP contribution in [-0.4, -0.2) is 19.7 Å². The van der Waals surface area contributed by atoms with E-state index in [1.54, 1.807) is 10.9 Å². The molecule has 112 valence electrons. The first kappa shape index (κ1) is 13.5. The highest BCUT2D eigenvalue weighted by Crippen LogP contribution is 2.23. The Morgan fingerprint density at radius 1 is 1.00 bits per heavy atom. The average Bonchev–Trinajstić information content (AvgIpc) is 3.02. The highest BCUT2D eigenvalue weighted by Gasteiger charge is 2.08. The molecule has 2 aromatic heterocycles. The maximum Gasteiger partial charge on any atom is 0.259 e. The molecule has 0 bridgehead atoms. The Morgan fingerprint density at radius 2 is 1.83 bits per heavy atom. The van der Waals surface area contributed by atoms with Crippen LogP contribution < -0.4 is 5.56 Å². The van der Waals surface area contributed by atoms with Crippen LogP contribution in [-0.2, 0) is 7.05 Å². The number of aryl methyl sites for hydroxylation is 1. The van der Waals surface area contributed by atoms with E-state index in [-0.39, 0.29) is 5.56 Å². The largest absolute Gasteiger partial charge is 0.306 e. The first-order chi connectivity index (χ1) is 11.2. The Labute approximate surface area is 132 Å². The second kappa shape index (κ2) is 5.21. The van der Waals surface area contributed by atoms with E-state index in [0.29, 0.717) is 16.7 Å². The molecule has 23 heavy (non-hydrogen) atoms. The summed E-state index contributed by atoms with van der Waals surface area (Å²) in [5, 5.41) is 4.69. The van der Waals surface area contributed by atoms with E-state index in [1.807, 2.05) is 61.8 Å². The third-order valence-electron chi connectivity index (χ3n) is 3.79. The fourth-order valence-electron chi connectivity index (χ4n) is 2.63. The molecule has 0 radical (unpaired) electrons. The fraction of sp³-hybridized carbons (Fsp3) is 0.0556. The minimum Gasteiger partial charge on any atom is -0.306 e. The van der Waals surface area contributed by atoms with Crippen LogP contribution in [0.2, 0.25) is 0 Å². The van der Waals surface area contributed by atoms with Crippen molar-refractivity contribution in [3.8, 4) is 22.5 Å². The number of H-pyrrole nitrogens is 1. The van der Waals surface area contributed by atoms with E-state index in [2.05, 4.69) is 15.1 Å². The summed E-state index contributed by atoms with van der Waals surface area (Å²) in [6.07, 6.45) is 3.50. The number of hydrogen-bond donors (Lipinski definition) is 1. The van der Waals surface area contributed by atoms with E-state index < -0.39 is 0 Å². The lowest BCUT2D eigenvalue weighted by molar-refractivity contribution is 0.768. The first-order valence-corrected chi connectivity index (χ1v) is 7.29. The van der Waals surface area contributed by atoms with Crippen molar-refractivity contribution < 1.29 is 0 Å². The monoisotopic (exact) mass is 302 g/mol. The fourth-order valence-corrected chi connectivity index (χ4v) is 2.63. The first-order valence-electron chi connectivity index (χ1n) is 7.29. The van der Waals surface area contributed by atoms with Gasteiger partial charge in [0.2, 0.25) is 0 Å². The molecule has 2 heterocycles. The third kappa shape index (κ3) is 2.42. The number of hydrogen-bond acceptors (Lipinski definition) is 3. The molecule has 1 N–H and O–H groups in total. The van der Waals surface area contributed by atoms with E-state index in [9.17, 15) is 4.79 Å². The Balaban J connectivity index is 1.88. The molecule has 0 aliphatic carbocycles. The maximum absolute atomic E-state index is 12.4. The molecule has 4 aromatic rings. The molecule has 0 aliphatic heterocycles. The molecule has 0 unspecified atom stereocenters. The summed E-state index contributed by atoms with van der Waals surface area (Å²) >= 11 is 0. The minimum absolute atomic E-state index is 0.147. The zero-order chi connectivity index (χ0) is 15.8. The maximum atomic E-state index is 12.4. The van der Waals surface area contributed by atoms with Crippen LogP contribution in [0, 0.1) is 0 Å². The summed E-state index contributed by atoms with van der Waals surface area (Å²) in [5.74, 6) is 0.531. The normalized spacial score (nSPS) is 11.0. The molecule has 0 aliphatic rings. The second-order valence-electron chi connectivity index (χ2n) is 5.42. The summed E-state index contributed by atoms with van der Waals surface area (Å²) in [5.41, 5.74) is 3.39. The van der Waals surface area contributed by atoms with E-state index >= 15 is 0 Å². The van der Waals surface area contributed by atoms with Gasteiger partial charge in [0.25, 0.3) is 5.56 Å². The van der Waals surface area contributed by atoms with Gasteiger partial charge in [0, 0.05) is 13.2 Å². The van der Waals surface area contributed by atoms with Crippen molar-refractivity contribution in [2.75, 3.05) is 0 Å². The molecule has 0 amide bonds. The summed E-state index contributed by atoms with van der Waals surface area (Å²) in [7, 11) is 1.83. The van der Waals surface area contributed by atoms with Gasteiger partial charge in [-0.2, -0.15) is 5.10 Å². The molecule has 5 nitrogen and oxygen atoms in total. The van der Waals surface area contributed by atoms with Gasteiger partial charge in [-0.1, -0.05) is 36.4 Å². The van der Waals surface area contributed by atoms with Crippen molar-refractivity contribution >= 4 is 10.9 Å². The van der Waals surface area contributed by atoms with Crippen LogP contribution in [0.3, 0.4) is 0 Å². The predicted molar refractivity (Wildman–Crippen MR) is 90.0 cm³/mol. The Bertz CT molecular complexity index is 1050. The number of aromatic nitrogens is 4. The van der Waals surface area contributed by atoms with Gasteiger partial charge < -0.3 is 4.98 Å². The van der Waals surface area contributed by atoms with Gasteiger partial charge in [0.15, 0.2) is 0 Å². The lowest BCUT2D eigenvalue weighted by Gasteiger charge is -2.05. The number of benzene rings is 2. The molecule has 0 spiro atoms. The Hall–Kier alpha value is -3.21. The van der Waals surface area contributed by atoms with Crippen molar-refractivity contribution in [3.63, 3.8) is 0 Å². The smallest absolute Gasteiger partial charge is 0.259 e. The number of nitrogens with zero attached hydrogens (tertiary/aromatic N) is 3. The summed E-state index contributed by atoms with van der Waals surface area (Å²) in [6.45, 7) is 0. The van der Waals surface area contributed by atoms with Crippen LogP contribution in [0.25, 0.3) is 33.4 Å². The molecule has 0 fully saturated rings. The topological polar surface area (TPSA) is 63.6 Å². The molecule has 4 rings (SSSR count). The van der Waals surface area contributed by atoms with Crippen molar-refractivity contribution in [3.05, 3.63) is 71.3 Å². The highest BCUT2D eigenvalue weighted by molar-refractivity contribution is 5.84. The number of fused-ring (bicyclic) bond motifs is 1. The summed E-state index contributed by atoms with van der Waals surface area (Å²) < 4.78 is 1.68. The van der Waals surface area contributed by atoms with Crippen LogP contribution in [0.15, 0.2) is 65.7 Å². The molecule has 2 aromatic carbocycles. The molecular formula is C18H14N4O. The number of nitrogens with one attached hydrogen (secondary N) is 1. The van der Waals surface area contributed by atoms with Gasteiger partial charge in [-0.05, 0) is 23.3 Å². The molecule has 0 saturated carbocycles. The van der Waals surface area contributed by atoms with Crippen LogP contribution in [0.4, 0.5) is 0 Å². The van der Waals surface area contributed by atoms with Crippen LogP contribution >= 0.6 is 0 Å².